The second-order valence-electron chi connectivity index (χ2n) is 10.3. The normalized spacial score (nSPS) is 11.3. The SMILES string of the molecule is CCCCCCCCCCCCc1cc(CCCCCCCCCCCC)cc(B(O)O)c1. The van der Waals surface area contributed by atoms with Crippen molar-refractivity contribution in [1.29, 1.82) is 0 Å². The summed E-state index contributed by atoms with van der Waals surface area (Å²) in [6, 6.07) is 6.31. The molecule has 1 aromatic rings. The Hall–Kier alpha value is -0.795. The van der Waals surface area contributed by atoms with E-state index in [9.17, 15) is 10.0 Å². The first-order valence-electron chi connectivity index (χ1n) is 14.7. The average Bonchev–Trinajstić information content (AvgIpc) is 2.81. The van der Waals surface area contributed by atoms with E-state index >= 15 is 0 Å². The fourth-order valence-corrected chi connectivity index (χ4v) is 4.86. The third-order valence-corrected chi connectivity index (χ3v) is 7.01. The standard InChI is InChI=1S/C30H55BO2/c1-3-5-7-9-11-13-15-17-19-21-23-28-25-29(27-30(26-28)31(32)33)24-22-20-18-16-14-12-10-8-6-4-2/h25-27,32-33H,3-24H2,1-2H3. The molecule has 2 N–H and O–H groups in total. The molecule has 0 bridgehead atoms. The van der Waals surface area contributed by atoms with Crippen molar-refractivity contribution in [3.8, 4) is 0 Å². The van der Waals surface area contributed by atoms with E-state index in [2.05, 4.69) is 19.9 Å². The van der Waals surface area contributed by atoms with Crippen LogP contribution in [-0.4, -0.2) is 17.2 Å². The maximum absolute atomic E-state index is 9.72. The molecular weight excluding hydrogens is 403 g/mol. The lowest BCUT2D eigenvalue weighted by Gasteiger charge is -2.10. The van der Waals surface area contributed by atoms with Crippen LogP contribution in [0.3, 0.4) is 0 Å². The van der Waals surface area contributed by atoms with Gasteiger partial charge in [-0.25, -0.2) is 0 Å². The lowest BCUT2D eigenvalue weighted by Crippen LogP contribution is -2.30. The molecule has 0 aliphatic rings. The highest BCUT2D eigenvalue weighted by Crippen LogP contribution is 2.16. The molecule has 190 valence electrons. The van der Waals surface area contributed by atoms with Gasteiger partial charge in [0.1, 0.15) is 0 Å². The molecule has 0 fully saturated rings. The van der Waals surface area contributed by atoms with Crippen molar-refractivity contribution < 1.29 is 10.0 Å². The van der Waals surface area contributed by atoms with Crippen LogP contribution in [0.25, 0.3) is 0 Å². The first-order valence-corrected chi connectivity index (χ1v) is 14.7. The Morgan fingerprint density at radius 1 is 0.455 bits per heavy atom. The maximum Gasteiger partial charge on any atom is 0.488 e. The van der Waals surface area contributed by atoms with Gasteiger partial charge in [-0.15, -0.1) is 0 Å². The molecule has 0 atom stereocenters. The summed E-state index contributed by atoms with van der Waals surface area (Å²) in [5.74, 6) is 0. The molecule has 0 aromatic heterocycles. The molecule has 0 radical (unpaired) electrons. The highest BCUT2D eigenvalue weighted by molar-refractivity contribution is 6.58. The van der Waals surface area contributed by atoms with E-state index < -0.39 is 7.12 Å². The van der Waals surface area contributed by atoms with Crippen LogP contribution in [0.15, 0.2) is 18.2 Å². The lowest BCUT2D eigenvalue weighted by atomic mass is 9.78. The van der Waals surface area contributed by atoms with Gasteiger partial charge in [-0.3, -0.25) is 0 Å². The zero-order valence-electron chi connectivity index (χ0n) is 22.3. The summed E-state index contributed by atoms with van der Waals surface area (Å²) in [7, 11) is -1.36. The van der Waals surface area contributed by atoms with Crippen molar-refractivity contribution in [2.24, 2.45) is 0 Å². The molecule has 0 aliphatic carbocycles. The van der Waals surface area contributed by atoms with Crippen LogP contribution < -0.4 is 5.46 Å². The zero-order valence-corrected chi connectivity index (χ0v) is 22.3. The summed E-state index contributed by atoms with van der Waals surface area (Å²) in [5, 5.41) is 19.4. The summed E-state index contributed by atoms with van der Waals surface area (Å²) in [4.78, 5) is 0. The summed E-state index contributed by atoms with van der Waals surface area (Å²) in [6.45, 7) is 4.55. The molecule has 3 heteroatoms. The lowest BCUT2D eigenvalue weighted by molar-refractivity contribution is 0.425. The minimum Gasteiger partial charge on any atom is -0.423 e. The topological polar surface area (TPSA) is 40.5 Å². The van der Waals surface area contributed by atoms with Gasteiger partial charge < -0.3 is 10.0 Å². The van der Waals surface area contributed by atoms with Gasteiger partial charge in [0, 0.05) is 0 Å². The van der Waals surface area contributed by atoms with E-state index in [-0.39, 0.29) is 0 Å². The Morgan fingerprint density at radius 2 is 0.758 bits per heavy atom. The number of hydrogen-bond donors (Lipinski definition) is 2. The van der Waals surface area contributed by atoms with Gasteiger partial charge in [0.25, 0.3) is 0 Å². The van der Waals surface area contributed by atoms with Gasteiger partial charge in [-0.1, -0.05) is 148 Å². The monoisotopic (exact) mass is 458 g/mol. The molecule has 1 aromatic carbocycles. The minimum absolute atomic E-state index is 0.668. The summed E-state index contributed by atoms with van der Waals surface area (Å²) in [6.07, 6.45) is 29.2. The predicted molar refractivity (Wildman–Crippen MR) is 147 cm³/mol. The highest BCUT2D eigenvalue weighted by Gasteiger charge is 2.13. The van der Waals surface area contributed by atoms with E-state index in [1.807, 2.05) is 12.1 Å². The van der Waals surface area contributed by atoms with Gasteiger partial charge in [0.15, 0.2) is 0 Å². The Bertz CT molecular complexity index is 516. The molecule has 2 nitrogen and oxygen atoms in total. The second kappa shape index (κ2) is 21.7. The van der Waals surface area contributed by atoms with E-state index in [1.165, 1.54) is 140 Å². The van der Waals surface area contributed by atoms with Crippen molar-refractivity contribution in [3.63, 3.8) is 0 Å². The average molecular weight is 459 g/mol. The van der Waals surface area contributed by atoms with Crippen LogP contribution in [0, 0.1) is 0 Å². The Balaban J connectivity index is 2.21. The van der Waals surface area contributed by atoms with Crippen molar-refractivity contribution in [2.45, 2.75) is 155 Å². The molecule has 0 saturated carbocycles. The van der Waals surface area contributed by atoms with E-state index in [0.717, 1.165) is 12.8 Å². The third kappa shape index (κ3) is 17.3. The van der Waals surface area contributed by atoms with Gasteiger partial charge >= 0.3 is 7.12 Å². The van der Waals surface area contributed by atoms with Gasteiger partial charge in [0.05, 0.1) is 0 Å². The second-order valence-corrected chi connectivity index (χ2v) is 10.3. The van der Waals surface area contributed by atoms with Crippen molar-refractivity contribution in [2.75, 3.05) is 0 Å². The van der Waals surface area contributed by atoms with E-state index in [1.54, 1.807) is 0 Å². The minimum atomic E-state index is -1.36. The number of unbranched alkanes of at least 4 members (excludes halogenated alkanes) is 18. The van der Waals surface area contributed by atoms with Crippen LogP contribution in [-0.2, 0) is 12.8 Å². The van der Waals surface area contributed by atoms with Crippen LogP contribution in [0.2, 0.25) is 0 Å². The molecule has 0 unspecified atom stereocenters. The van der Waals surface area contributed by atoms with Crippen molar-refractivity contribution >= 4 is 12.6 Å². The fraction of sp³-hybridized carbons (Fsp3) is 0.800. The molecule has 0 saturated heterocycles. The van der Waals surface area contributed by atoms with Crippen LogP contribution in [0.5, 0.6) is 0 Å². The maximum atomic E-state index is 9.72. The molecule has 0 aliphatic heterocycles. The fourth-order valence-electron chi connectivity index (χ4n) is 4.86. The summed E-state index contributed by atoms with van der Waals surface area (Å²) in [5.41, 5.74) is 3.23. The number of benzene rings is 1. The van der Waals surface area contributed by atoms with Crippen LogP contribution >= 0.6 is 0 Å². The van der Waals surface area contributed by atoms with E-state index in [4.69, 9.17) is 0 Å². The van der Waals surface area contributed by atoms with Gasteiger partial charge in [-0.05, 0) is 42.3 Å². The van der Waals surface area contributed by atoms with Gasteiger partial charge in [0.2, 0.25) is 0 Å². The van der Waals surface area contributed by atoms with Crippen LogP contribution in [0.1, 0.15) is 153 Å². The smallest absolute Gasteiger partial charge is 0.423 e. The Morgan fingerprint density at radius 3 is 1.06 bits per heavy atom. The van der Waals surface area contributed by atoms with Crippen molar-refractivity contribution in [1.82, 2.24) is 0 Å². The predicted octanol–water partition coefficient (Wildman–Crippen LogP) is 8.29. The largest absolute Gasteiger partial charge is 0.488 e. The highest BCUT2D eigenvalue weighted by atomic mass is 16.4. The number of rotatable bonds is 23. The first kappa shape index (κ1) is 30.2. The number of hydrogen-bond acceptors (Lipinski definition) is 2. The summed E-state index contributed by atoms with van der Waals surface area (Å²) >= 11 is 0. The Kier molecular flexibility index (Phi) is 19.9. The van der Waals surface area contributed by atoms with Crippen molar-refractivity contribution in [3.05, 3.63) is 29.3 Å². The summed E-state index contributed by atoms with van der Waals surface area (Å²) < 4.78 is 0. The molecule has 33 heavy (non-hydrogen) atoms. The van der Waals surface area contributed by atoms with Gasteiger partial charge in [-0.2, -0.15) is 0 Å². The zero-order chi connectivity index (χ0) is 24.0. The number of aryl methyl sites for hydroxylation is 2. The Labute approximate surface area is 207 Å². The quantitative estimate of drug-likeness (QED) is 0.128. The third-order valence-electron chi connectivity index (χ3n) is 7.01. The van der Waals surface area contributed by atoms with E-state index in [0.29, 0.717) is 5.46 Å². The van der Waals surface area contributed by atoms with Crippen LogP contribution in [0.4, 0.5) is 0 Å². The molecule has 0 spiro atoms. The molecular formula is C30H55BO2. The molecule has 0 heterocycles. The first-order chi connectivity index (χ1) is 16.2. The molecule has 0 amide bonds. The molecule has 1 rings (SSSR count).